The molecular weight excluding hydrogens is 322 g/mol. The molecule has 2 rings (SSSR count). The van der Waals surface area contributed by atoms with Crippen LogP contribution in [0, 0.1) is 0 Å². The van der Waals surface area contributed by atoms with E-state index in [2.05, 4.69) is 10.5 Å². The number of carboxylic acids is 1. The maximum Gasteiger partial charge on any atom is 0.409 e. The maximum absolute atomic E-state index is 11.6. The SMILES string of the molecule is CCOC(=O)N1CCC(=NNc2ccc(Cl)c(C(=O)O)c2)CC1. The summed E-state index contributed by atoms with van der Waals surface area (Å²) in [5, 5.41) is 13.5. The number of halogens is 1. The minimum Gasteiger partial charge on any atom is -0.478 e. The van der Waals surface area contributed by atoms with Gasteiger partial charge in [-0.25, -0.2) is 9.59 Å². The number of rotatable bonds is 4. The first kappa shape index (κ1) is 17.1. The molecule has 0 aromatic heterocycles. The molecule has 0 atom stereocenters. The van der Waals surface area contributed by atoms with Crippen LogP contribution in [0.3, 0.4) is 0 Å². The normalized spacial score (nSPS) is 14.3. The number of amides is 1. The standard InChI is InChI=1S/C15H18ClN3O4/c1-2-23-15(22)19-7-5-10(6-8-19)17-18-11-3-4-13(16)12(9-11)14(20)21/h3-4,9,18H,2,5-8H2,1H3,(H,20,21). The van der Waals surface area contributed by atoms with Crippen LogP contribution in [0.1, 0.15) is 30.1 Å². The number of aromatic carboxylic acids is 1. The van der Waals surface area contributed by atoms with Crippen molar-refractivity contribution in [2.24, 2.45) is 5.10 Å². The number of hydrogen-bond acceptors (Lipinski definition) is 5. The van der Waals surface area contributed by atoms with E-state index in [9.17, 15) is 9.59 Å². The van der Waals surface area contributed by atoms with Gasteiger partial charge in [0, 0.05) is 31.6 Å². The summed E-state index contributed by atoms with van der Waals surface area (Å²) in [6.07, 6.45) is 0.986. The molecule has 2 N–H and O–H groups in total. The van der Waals surface area contributed by atoms with Crippen LogP contribution in [0.5, 0.6) is 0 Å². The summed E-state index contributed by atoms with van der Waals surface area (Å²) in [5.41, 5.74) is 4.32. The molecule has 0 aliphatic carbocycles. The summed E-state index contributed by atoms with van der Waals surface area (Å²) in [7, 11) is 0. The van der Waals surface area contributed by atoms with E-state index in [4.69, 9.17) is 21.4 Å². The van der Waals surface area contributed by atoms with Crippen molar-refractivity contribution in [3.05, 3.63) is 28.8 Å². The fraction of sp³-hybridized carbons (Fsp3) is 0.400. The number of hydrogen-bond donors (Lipinski definition) is 2. The molecule has 1 amide bonds. The van der Waals surface area contributed by atoms with E-state index in [-0.39, 0.29) is 16.7 Å². The number of carbonyl (C=O) groups excluding carboxylic acids is 1. The Morgan fingerprint density at radius 3 is 2.70 bits per heavy atom. The molecule has 124 valence electrons. The van der Waals surface area contributed by atoms with Crippen LogP contribution in [-0.4, -0.2) is 47.5 Å². The van der Waals surface area contributed by atoms with Gasteiger partial charge in [-0.05, 0) is 25.1 Å². The lowest BCUT2D eigenvalue weighted by Crippen LogP contribution is -2.39. The monoisotopic (exact) mass is 339 g/mol. The smallest absolute Gasteiger partial charge is 0.409 e. The van der Waals surface area contributed by atoms with E-state index in [1.54, 1.807) is 17.9 Å². The molecule has 0 spiro atoms. The zero-order chi connectivity index (χ0) is 16.8. The molecule has 8 heteroatoms. The number of nitrogens with zero attached hydrogens (tertiary/aromatic N) is 2. The first-order chi connectivity index (χ1) is 11.0. The van der Waals surface area contributed by atoms with Crippen molar-refractivity contribution in [3.8, 4) is 0 Å². The lowest BCUT2D eigenvalue weighted by molar-refractivity contribution is 0.0697. The highest BCUT2D eigenvalue weighted by Crippen LogP contribution is 2.21. The average Bonchev–Trinajstić information content (AvgIpc) is 2.54. The Hall–Kier alpha value is -2.28. The number of carboxylic acid groups (broad SMARTS) is 1. The first-order valence-electron chi connectivity index (χ1n) is 7.27. The van der Waals surface area contributed by atoms with Gasteiger partial charge in [0.25, 0.3) is 0 Å². The third kappa shape index (κ3) is 4.59. The molecule has 1 aliphatic heterocycles. The van der Waals surface area contributed by atoms with E-state index in [1.165, 1.54) is 12.1 Å². The molecule has 0 saturated carbocycles. The van der Waals surface area contributed by atoms with Gasteiger partial charge < -0.3 is 14.7 Å². The number of hydrazone groups is 1. The van der Waals surface area contributed by atoms with E-state index in [1.807, 2.05) is 0 Å². The molecule has 0 unspecified atom stereocenters. The van der Waals surface area contributed by atoms with Gasteiger partial charge in [-0.15, -0.1) is 0 Å². The van der Waals surface area contributed by atoms with Crippen LogP contribution in [-0.2, 0) is 4.74 Å². The van der Waals surface area contributed by atoms with Gasteiger partial charge in [0.05, 0.1) is 22.9 Å². The van der Waals surface area contributed by atoms with Gasteiger partial charge >= 0.3 is 12.1 Å². The summed E-state index contributed by atoms with van der Waals surface area (Å²) in [5.74, 6) is -1.09. The lowest BCUT2D eigenvalue weighted by atomic mass is 10.1. The van der Waals surface area contributed by atoms with Crippen molar-refractivity contribution in [3.63, 3.8) is 0 Å². The maximum atomic E-state index is 11.6. The van der Waals surface area contributed by atoms with E-state index in [0.717, 1.165) is 5.71 Å². The Morgan fingerprint density at radius 2 is 2.09 bits per heavy atom. The number of anilines is 1. The van der Waals surface area contributed by atoms with E-state index >= 15 is 0 Å². The Balaban J connectivity index is 1.94. The Labute approximate surface area is 138 Å². The highest BCUT2D eigenvalue weighted by atomic mass is 35.5. The van der Waals surface area contributed by atoms with Crippen LogP contribution in [0.25, 0.3) is 0 Å². The van der Waals surface area contributed by atoms with Crippen molar-refractivity contribution in [1.29, 1.82) is 0 Å². The second-order valence-electron chi connectivity index (χ2n) is 4.98. The van der Waals surface area contributed by atoms with Crippen molar-refractivity contribution < 1.29 is 19.4 Å². The van der Waals surface area contributed by atoms with Gasteiger partial charge in [0.15, 0.2) is 0 Å². The zero-order valence-corrected chi connectivity index (χ0v) is 13.5. The topological polar surface area (TPSA) is 91.2 Å². The summed E-state index contributed by atoms with van der Waals surface area (Å²) in [4.78, 5) is 24.3. The summed E-state index contributed by atoms with van der Waals surface area (Å²) in [6, 6.07) is 4.60. The minimum absolute atomic E-state index is 0.0222. The van der Waals surface area contributed by atoms with Gasteiger partial charge in [0.1, 0.15) is 0 Å². The molecule has 23 heavy (non-hydrogen) atoms. The molecule has 7 nitrogen and oxygen atoms in total. The van der Waals surface area contributed by atoms with Crippen LogP contribution < -0.4 is 5.43 Å². The second-order valence-corrected chi connectivity index (χ2v) is 5.38. The van der Waals surface area contributed by atoms with Crippen LogP contribution in [0.2, 0.25) is 5.02 Å². The molecule has 1 aromatic carbocycles. The Kier molecular flexibility index (Phi) is 5.81. The number of carbonyl (C=O) groups is 2. The second kappa shape index (κ2) is 7.82. The van der Waals surface area contributed by atoms with Gasteiger partial charge in [0.2, 0.25) is 0 Å². The fourth-order valence-corrected chi connectivity index (χ4v) is 2.37. The third-order valence-corrected chi connectivity index (χ3v) is 3.74. The summed E-state index contributed by atoms with van der Waals surface area (Å²) >= 11 is 5.82. The largest absolute Gasteiger partial charge is 0.478 e. The summed E-state index contributed by atoms with van der Waals surface area (Å²) < 4.78 is 4.96. The molecule has 0 bridgehead atoms. The molecule has 1 aliphatic rings. The van der Waals surface area contributed by atoms with Crippen LogP contribution in [0.15, 0.2) is 23.3 Å². The number of likely N-dealkylation sites (tertiary alicyclic amines) is 1. The van der Waals surface area contributed by atoms with Crippen LogP contribution in [0.4, 0.5) is 10.5 Å². The molecular formula is C15H18ClN3O4. The van der Waals surface area contributed by atoms with Crippen molar-refractivity contribution in [1.82, 2.24) is 4.90 Å². The number of ether oxygens (including phenoxy) is 1. The minimum atomic E-state index is -1.09. The molecule has 1 heterocycles. The lowest BCUT2D eigenvalue weighted by Gasteiger charge is -2.26. The van der Waals surface area contributed by atoms with Crippen LogP contribution >= 0.6 is 11.6 Å². The van der Waals surface area contributed by atoms with Gasteiger partial charge in [-0.1, -0.05) is 11.6 Å². The first-order valence-corrected chi connectivity index (χ1v) is 7.65. The Bertz CT molecular complexity index is 623. The van der Waals surface area contributed by atoms with Crippen molar-refractivity contribution in [2.45, 2.75) is 19.8 Å². The number of nitrogens with one attached hydrogen (secondary N) is 1. The molecule has 0 radical (unpaired) electrons. The van der Waals surface area contributed by atoms with E-state index < -0.39 is 5.97 Å². The molecule has 1 saturated heterocycles. The number of piperidine rings is 1. The quantitative estimate of drug-likeness (QED) is 0.823. The molecule has 1 fully saturated rings. The summed E-state index contributed by atoms with van der Waals surface area (Å²) in [6.45, 7) is 3.25. The number of benzene rings is 1. The average molecular weight is 340 g/mol. The zero-order valence-electron chi connectivity index (χ0n) is 12.7. The fourth-order valence-electron chi connectivity index (χ4n) is 2.18. The third-order valence-electron chi connectivity index (χ3n) is 3.41. The highest BCUT2D eigenvalue weighted by molar-refractivity contribution is 6.33. The van der Waals surface area contributed by atoms with Gasteiger partial charge in [-0.2, -0.15) is 5.10 Å². The highest BCUT2D eigenvalue weighted by Gasteiger charge is 2.20. The predicted molar refractivity (Wildman–Crippen MR) is 87.3 cm³/mol. The van der Waals surface area contributed by atoms with Gasteiger partial charge in [-0.3, -0.25) is 5.43 Å². The molecule has 1 aromatic rings. The van der Waals surface area contributed by atoms with Crippen molar-refractivity contribution >= 4 is 35.1 Å². The van der Waals surface area contributed by atoms with E-state index in [0.29, 0.717) is 38.2 Å². The predicted octanol–water partition coefficient (Wildman–Crippen LogP) is 3.06. The van der Waals surface area contributed by atoms with Crippen molar-refractivity contribution in [2.75, 3.05) is 25.1 Å². The Morgan fingerprint density at radius 1 is 1.39 bits per heavy atom.